The summed E-state index contributed by atoms with van der Waals surface area (Å²) in [6.45, 7) is 5.38. The third-order valence-electron chi connectivity index (χ3n) is 2.88. The van der Waals surface area contributed by atoms with E-state index in [2.05, 4.69) is 11.3 Å². The fourth-order valence-corrected chi connectivity index (χ4v) is 1.75. The second kappa shape index (κ2) is 10.1. The van der Waals surface area contributed by atoms with Gasteiger partial charge in [0.05, 0.1) is 6.61 Å². The summed E-state index contributed by atoms with van der Waals surface area (Å²) in [6, 6.07) is 17.7. The second-order valence-corrected chi connectivity index (χ2v) is 4.50. The van der Waals surface area contributed by atoms with Crippen molar-refractivity contribution in [2.24, 2.45) is 0 Å². The third kappa shape index (κ3) is 6.28. The van der Waals surface area contributed by atoms with Gasteiger partial charge in [-0.05, 0) is 12.5 Å². The lowest BCUT2D eigenvalue weighted by Gasteiger charge is -2.09. The normalized spacial score (nSPS) is 10.7. The molecule has 120 valence electrons. The van der Waals surface area contributed by atoms with Crippen LogP contribution in [-0.4, -0.2) is 23.5 Å². The Morgan fingerprint density at radius 1 is 1.09 bits per heavy atom. The molecule has 2 aromatic rings. The van der Waals surface area contributed by atoms with Gasteiger partial charge in [-0.2, -0.15) is 0 Å². The Bertz CT molecular complexity index is 620. The second-order valence-electron chi connectivity index (χ2n) is 4.50. The van der Waals surface area contributed by atoms with Crippen LogP contribution in [0.4, 0.5) is 0 Å². The lowest BCUT2D eigenvalue weighted by Crippen LogP contribution is -2.11. The van der Waals surface area contributed by atoms with Crippen molar-refractivity contribution in [3.8, 4) is 0 Å². The molecule has 0 saturated carbocycles. The van der Waals surface area contributed by atoms with Gasteiger partial charge in [0.15, 0.2) is 5.78 Å². The van der Waals surface area contributed by atoms with E-state index in [4.69, 9.17) is 0 Å². The number of hydrogen-bond acceptors (Lipinski definition) is 4. The molecule has 0 spiro atoms. The average molecular weight is 312 g/mol. The van der Waals surface area contributed by atoms with Crippen molar-refractivity contribution in [2.45, 2.75) is 13.0 Å². The Hall–Kier alpha value is -2.72. The van der Waals surface area contributed by atoms with E-state index >= 15 is 0 Å². The highest BCUT2D eigenvalue weighted by atomic mass is 16.5. The SMILES string of the molecule is C=CC(=O)OCC.O=C(c1ccccc1)C(O)c1ccccc1. The van der Waals surface area contributed by atoms with Gasteiger partial charge in [0.1, 0.15) is 6.10 Å². The quantitative estimate of drug-likeness (QED) is 0.522. The van der Waals surface area contributed by atoms with Gasteiger partial charge in [-0.15, -0.1) is 0 Å². The van der Waals surface area contributed by atoms with Crippen LogP contribution in [-0.2, 0) is 9.53 Å². The molecule has 0 aromatic heterocycles. The Morgan fingerprint density at radius 3 is 2.04 bits per heavy atom. The molecule has 0 aliphatic rings. The molecule has 0 amide bonds. The molecule has 4 nitrogen and oxygen atoms in total. The average Bonchev–Trinajstić information content (AvgIpc) is 2.62. The number of Topliss-reactive ketones (excluding diaryl/α,β-unsaturated/α-hetero) is 1. The molecule has 0 fully saturated rings. The highest BCUT2D eigenvalue weighted by Gasteiger charge is 2.18. The van der Waals surface area contributed by atoms with E-state index in [1.54, 1.807) is 55.5 Å². The number of aliphatic hydroxyl groups is 1. The number of aliphatic hydroxyl groups excluding tert-OH is 1. The zero-order valence-corrected chi connectivity index (χ0v) is 13.0. The summed E-state index contributed by atoms with van der Waals surface area (Å²) >= 11 is 0. The maximum Gasteiger partial charge on any atom is 0.330 e. The highest BCUT2D eigenvalue weighted by molar-refractivity contribution is 5.99. The van der Waals surface area contributed by atoms with Gasteiger partial charge in [-0.1, -0.05) is 67.2 Å². The number of rotatable bonds is 5. The monoisotopic (exact) mass is 312 g/mol. The molecule has 1 unspecified atom stereocenters. The van der Waals surface area contributed by atoms with Crippen molar-refractivity contribution in [1.82, 2.24) is 0 Å². The summed E-state index contributed by atoms with van der Waals surface area (Å²) < 4.78 is 4.43. The first-order chi connectivity index (χ1) is 11.1. The van der Waals surface area contributed by atoms with E-state index in [0.717, 1.165) is 6.08 Å². The van der Waals surface area contributed by atoms with Crippen LogP contribution in [0.2, 0.25) is 0 Å². The largest absolute Gasteiger partial charge is 0.463 e. The predicted molar refractivity (Wildman–Crippen MR) is 89.0 cm³/mol. The van der Waals surface area contributed by atoms with E-state index in [-0.39, 0.29) is 11.8 Å². The predicted octanol–water partition coefficient (Wildman–Crippen LogP) is 3.34. The molecule has 4 heteroatoms. The fourth-order valence-electron chi connectivity index (χ4n) is 1.75. The Morgan fingerprint density at radius 2 is 1.61 bits per heavy atom. The van der Waals surface area contributed by atoms with Crippen molar-refractivity contribution in [3.05, 3.63) is 84.4 Å². The van der Waals surface area contributed by atoms with Crippen LogP contribution in [0.3, 0.4) is 0 Å². The lowest BCUT2D eigenvalue weighted by molar-refractivity contribution is -0.137. The Kier molecular flexibility index (Phi) is 8.03. The Labute approximate surface area is 136 Å². The number of carbonyl (C=O) groups excluding carboxylic acids is 2. The molecule has 0 saturated heterocycles. The minimum absolute atomic E-state index is 0.271. The van der Waals surface area contributed by atoms with Gasteiger partial charge < -0.3 is 9.84 Å². The zero-order chi connectivity index (χ0) is 17.1. The van der Waals surface area contributed by atoms with Gasteiger partial charge in [0, 0.05) is 11.6 Å². The van der Waals surface area contributed by atoms with E-state index < -0.39 is 6.10 Å². The van der Waals surface area contributed by atoms with E-state index in [1.807, 2.05) is 12.1 Å². The standard InChI is InChI=1S/C14H12O2.C5H8O2/c15-13(11-7-3-1-4-8-11)14(16)12-9-5-2-6-10-12;1-3-5(6)7-4-2/h1-10,13,15H;3H,1,4H2,2H3. The first-order valence-electron chi connectivity index (χ1n) is 7.21. The molecule has 0 radical (unpaired) electrons. The van der Waals surface area contributed by atoms with Crippen molar-refractivity contribution in [2.75, 3.05) is 6.61 Å². The van der Waals surface area contributed by atoms with Gasteiger partial charge in [-0.3, -0.25) is 4.79 Å². The number of ether oxygens (including phenoxy) is 1. The minimum atomic E-state index is -1.08. The smallest absolute Gasteiger partial charge is 0.330 e. The van der Waals surface area contributed by atoms with Crippen LogP contribution >= 0.6 is 0 Å². The minimum Gasteiger partial charge on any atom is -0.463 e. The van der Waals surface area contributed by atoms with Crippen molar-refractivity contribution < 1.29 is 19.4 Å². The van der Waals surface area contributed by atoms with E-state index in [9.17, 15) is 14.7 Å². The van der Waals surface area contributed by atoms with Crippen LogP contribution in [0.1, 0.15) is 28.9 Å². The van der Waals surface area contributed by atoms with Crippen LogP contribution in [0.15, 0.2) is 73.3 Å². The lowest BCUT2D eigenvalue weighted by atomic mass is 10.0. The summed E-state index contributed by atoms with van der Waals surface area (Å²) in [5, 5.41) is 9.89. The Balaban J connectivity index is 0.000000322. The van der Waals surface area contributed by atoms with Crippen molar-refractivity contribution in [3.63, 3.8) is 0 Å². The van der Waals surface area contributed by atoms with Gasteiger partial charge in [0.2, 0.25) is 0 Å². The molecule has 2 aromatic carbocycles. The third-order valence-corrected chi connectivity index (χ3v) is 2.88. The van der Waals surface area contributed by atoms with Gasteiger partial charge in [0.25, 0.3) is 0 Å². The molecular formula is C19H20O4. The molecule has 1 atom stereocenters. The fraction of sp³-hybridized carbons (Fsp3) is 0.158. The topological polar surface area (TPSA) is 63.6 Å². The van der Waals surface area contributed by atoms with Crippen molar-refractivity contribution >= 4 is 11.8 Å². The van der Waals surface area contributed by atoms with Crippen LogP contribution in [0, 0.1) is 0 Å². The van der Waals surface area contributed by atoms with Crippen LogP contribution in [0.5, 0.6) is 0 Å². The first kappa shape index (κ1) is 18.3. The van der Waals surface area contributed by atoms with Gasteiger partial charge >= 0.3 is 5.97 Å². The summed E-state index contributed by atoms with van der Waals surface area (Å²) in [6.07, 6.45) is 0.0624. The molecule has 0 heterocycles. The first-order valence-corrected chi connectivity index (χ1v) is 7.21. The maximum atomic E-state index is 11.9. The van der Waals surface area contributed by atoms with Crippen molar-refractivity contribution in [1.29, 1.82) is 0 Å². The zero-order valence-electron chi connectivity index (χ0n) is 13.0. The molecule has 0 bridgehead atoms. The highest BCUT2D eigenvalue weighted by Crippen LogP contribution is 2.17. The number of ketones is 1. The van der Waals surface area contributed by atoms with Crippen LogP contribution in [0.25, 0.3) is 0 Å². The van der Waals surface area contributed by atoms with E-state index in [0.29, 0.717) is 17.7 Å². The number of carbonyl (C=O) groups is 2. The molecule has 0 aliphatic heterocycles. The summed E-state index contributed by atoms with van der Waals surface area (Å²) in [5.41, 5.74) is 1.15. The number of hydrogen-bond donors (Lipinski definition) is 1. The maximum absolute atomic E-state index is 11.9. The number of benzene rings is 2. The van der Waals surface area contributed by atoms with Crippen LogP contribution < -0.4 is 0 Å². The molecule has 1 N–H and O–H groups in total. The molecule has 23 heavy (non-hydrogen) atoms. The summed E-state index contributed by atoms with van der Waals surface area (Å²) in [5.74, 6) is -0.630. The molecular weight excluding hydrogens is 292 g/mol. The number of esters is 1. The summed E-state index contributed by atoms with van der Waals surface area (Å²) in [7, 11) is 0. The molecule has 0 aliphatic carbocycles. The van der Waals surface area contributed by atoms with E-state index in [1.165, 1.54) is 0 Å². The van der Waals surface area contributed by atoms with Gasteiger partial charge in [-0.25, -0.2) is 4.79 Å². The summed E-state index contributed by atoms with van der Waals surface area (Å²) in [4.78, 5) is 22.0. The molecule has 2 rings (SSSR count).